The van der Waals surface area contributed by atoms with E-state index in [1.54, 1.807) is 12.1 Å². The fourth-order valence-corrected chi connectivity index (χ4v) is 4.69. The Morgan fingerprint density at radius 1 is 0.943 bits per heavy atom. The summed E-state index contributed by atoms with van der Waals surface area (Å²) in [7, 11) is 5.41. The first kappa shape index (κ1) is 24.1. The van der Waals surface area contributed by atoms with E-state index >= 15 is 0 Å². The van der Waals surface area contributed by atoms with E-state index in [1.165, 1.54) is 12.0 Å². The molecule has 3 aromatic carbocycles. The maximum Gasteiger partial charge on any atom is 0.300 e. The molecule has 1 aliphatic rings. The Kier molecular flexibility index (Phi) is 6.39. The molecule has 1 fully saturated rings. The van der Waals surface area contributed by atoms with Gasteiger partial charge in [-0.3, -0.25) is 14.5 Å². The number of anilines is 2. The van der Waals surface area contributed by atoms with Crippen LogP contribution in [0.25, 0.3) is 5.76 Å². The zero-order valence-electron chi connectivity index (χ0n) is 20.9. The highest BCUT2D eigenvalue weighted by atomic mass is 16.5. The van der Waals surface area contributed by atoms with Crippen LogP contribution in [0, 0.1) is 20.8 Å². The summed E-state index contributed by atoms with van der Waals surface area (Å²) >= 11 is 0. The molecule has 0 radical (unpaired) electrons. The van der Waals surface area contributed by atoms with Crippen LogP contribution in [0.2, 0.25) is 0 Å². The average Bonchev–Trinajstić information content (AvgIpc) is 3.08. The van der Waals surface area contributed by atoms with Crippen molar-refractivity contribution in [3.63, 3.8) is 0 Å². The van der Waals surface area contributed by atoms with E-state index in [9.17, 15) is 14.7 Å². The normalized spacial score (nSPS) is 17.1. The monoisotopic (exact) mass is 470 g/mol. The number of Topliss-reactive ketones (excluding diaryl/α,β-unsaturated/α-hetero) is 1. The van der Waals surface area contributed by atoms with Crippen LogP contribution >= 0.6 is 0 Å². The van der Waals surface area contributed by atoms with Crippen LogP contribution in [0.15, 0.2) is 66.2 Å². The van der Waals surface area contributed by atoms with Crippen molar-refractivity contribution >= 4 is 28.8 Å². The Labute approximate surface area is 206 Å². The maximum absolute atomic E-state index is 13.5. The van der Waals surface area contributed by atoms with Crippen LogP contribution in [-0.4, -0.2) is 38.0 Å². The highest BCUT2D eigenvalue weighted by molar-refractivity contribution is 6.51. The lowest BCUT2D eigenvalue weighted by atomic mass is 9.93. The van der Waals surface area contributed by atoms with Gasteiger partial charge in [0, 0.05) is 25.5 Å². The van der Waals surface area contributed by atoms with Gasteiger partial charge >= 0.3 is 0 Å². The molecular formula is C29H30N2O4. The largest absolute Gasteiger partial charge is 0.507 e. The number of rotatable bonds is 5. The molecule has 0 spiro atoms. The van der Waals surface area contributed by atoms with E-state index < -0.39 is 17.7 Å². The second kappa shape index (κ2) is 9.29. The Morgan fingerprint density at radius 3 is 2.23 bits per heavy atom. The molecule has 1 aliphatic heterocycles. The number of methoxy groups -OCH3 is 1. The van der Waals surface area contributed by atoms with Crippen LogP contribution in [0.3, 0.4) is 0 Å². The van der Waals surface area contributed by atoms with Gasteiger partial charge in [0.05, 0.1) is 24.3 Å². The van der Waals surface area contributed by atoms with Gasteiger partial charge in [0.2, 0.25) is 0 Å². The summed E-state index contributed by atoms with van der Waals surface area (Å²) in [4.78, 5) is 30.3. The number of ether oxygens (including phenoxy) is 1. The molecule has 1 heterocycles. The minimum Gasteiger partial charge on any atom is -0.507 e. The first-order chi connectivity index (χ1) is 16.6. The number of nitrogens with zero attached hydrogens (tertiary/aromatic N) is 2. The SMILES string of the molecule is COc1c(C)cc(C)cc1/C(O)=C1\C(=O)C(=O)N(c2cccc(C)c2)C1c1ccc(N(C)C)cc1. The number of hydrogen-bond donors (Lipinski definition) is 1. The number of aliphatic hydroxyl groups is 1. The van der Waals surface area contributed by atoms with E-state index in [1.807, 2.05) is 88.3 Å². The molecule has 1 N–H and O–H groups in total. The number of hydrogen-bond acceptors (Lipinski definition) is 5. The van der Waals surface area contributed by atoms with Crippen molar-refractivity contribution in [2.75, 3.05) is 31.0 Å². The van der Waals surface area contributed by atoms with E-state index in [0.29, 0.717) is 17.0 Å². The smallest absolute Gasteiger partial charge is 0.300 e. The lowest BCUT2D eigenvalue weighted by Gasteiger charge is -2.26. The van der Waals surface area contributed by atoms with E-state index in [4.69, 9.17) is 4.74 Å². The van der Waals surface area contributed by atoms with E-state index in [0.717, 1.165) is 27.9 Å². The highest BCUT2D eigenvalue weighted by Crippen LogP contribution is 2.44. The summed E-state index contributed by atoms with van der Waals surface area (Å²) < 4.78 is 5.57. The van der Waals surface area contributed by atoms with Crippen LogP contribution in [0.4, 0.5) is 11.4 Å². The molecule has 0 saturated carbocycles. The topological polar surface area (TPSA) is 70.1 Å². The van der Waals surface area contributed by atoms with Gasteiger partial charge in [-0.05, 0) is 73.4 Å². The molecule has 0 aliphatic carbocycles. The number of aryl methyl sites for hydroxylation is 3. The van der Waals surface area contributed by atoms with Crippen LogP contribution in [-0.2, 0) is 9.59 Å². The van der Waals surface area contributed by atoms with Gasteiger partial charge in [-0.1, -0.05) is 30.3 Å². The molecule has 1 unspecified atom stereocenters. The van der Waals surface area contributed by atoms with Crippen LogP contribution in [0.5, 0.6) is 5.75 Å². The highest BCUT2D eigenvalue weighted by Gasteiger charge is 2.47. The number of ketones is 1. The molecule has 3 aromatic rings. The molecule has 0 bridgehead atoms. The third kappa shape index (κ3) is 4.28. The predicted molar refractivity (Wildman–Crippen MR) is 139 cm³/mol. The molecule has 180 valence electrons. The Bertz CT molecular complexity index is 1340. The number of benzene rings is 3. The number of carbonyl (C=O) groups excluding carboxylic acids is 2. The van der Waals surface area contributed by atoms with Crippen molar-refractivity contribution in [1.82, 2.24) is 0 Å². The van der Waals surface area contributed by atoms with Crippen LogP contribution in [0.1, 0.15) is 33.9 Å². The predicted octanol–water partition coefficient (Wildman–Crippen LogP) is 5.31. The third-order valence-electron chi connectivity index (χ3n) is 6.33. The minimum atomic E-state index is -0.793. The molecule has 1 amide bonds. The molecule has 35 heavy (non-hydrogen) atoms. The van der Waals surface area contributed by atoms with Crippen molar-refractivity contribution < 1.29 is 19.4 Å². The quantitative estimate of drug-likeness (QED) is 0.311. The van der Waals surface area contributed by atoms with Crippen molar-refractivity contribution in [3.05, 3.63) is 94.1 Å². The van der Waals surface area contributed by atoms with Gasteiger partial charge in [-0.15, -0.1) is 0 Å². The number of aliphatic hydroxyl groups excluding tert-OH is 1. The summed E-state index contributed by atoms with van der Waals surface area (Å²) in [5.41, 5.74) is 5.43. The van der Waals surface area contributed by atoms with Gasteiger partial charge in [-0.25, -0.2) is 0 Å². The van der Waals surface area contributed by atoms with Crippen molar-refractivity contribution in [1.29, 1.82) is 0 Å². The van der Waals surface area contributed by atoms with Gasteiger partial charge in [0.15, 0.2) is 0 Å². The first-order valence-corrected chi connectivity index (χ1v) is 11.4. The Balaban J connectivity index is 2.00. The second-order valence-electron chi connectivity index (χ2n) is 9.16. The number of carbonyl (C=O) groups is 2. The molecular weight excluding hydrogens is 440 g/mol. The van der Waals surface area contributed by atoms with Crippen LogP contribution < -0.4 is 14.5 Å². The standard InChI is InChI=1S/C29H30N2O4/c1-17-8-7-9-22(15-17)31-25(20-10-12-21(13-11-20)30(4)5)24(27(33)29(31)34)26(32)23-16-18(2)14-19(3)28(23)35-6/h7-16,25,32H,1-6H3/b26-24+. The van der Waals surface area contributed by atoms with Gasteiger partial charge in [0.1, 0.15) is 11.5 Å². The average molecular weight is 471 g/mol. The molecule has 1 atom stereocenters. The summed E-state index contributed by atoms with van der Waals surface area (Å²) in [5, 5.41) is 11.6. The fourth-order valence-electron chi connectivity index (χ4n) is 4.69. The summed E-state index contributed by atoms with van der Waals surface area (Å²) in [6.07, 6.45) is 0. The summed E-state index contributed by atoms with van der Waals surface area (Å²) in [5.74, 6) is -1.19. The van der Waals surface area contributed by atoms with Gasteiger partial charge < -0.3 is 14.7 Å². The fraction of sp³-hybridized carbons (Fsp3) is 0.241. The molecule has 6 heteroatoms. The Hall–Kier alpha value is -4.06. The summed E-state index contributed by atoms with van der Waals surface area (Å²) in [6, 6.07) is 18.0. The van der Waals surface area contributed by atoms with Gasteiger partial charge in [-0.2, -0.15) is 0 Å². The maximum atomic E-state index is 13.5. The minimum absolute atomic E-state index is 0.0393. The van der Waals surface area contributed by atoms with Crippen molar-refractivity contribution in [2.45, 2.75) is 26.8 Å². The number of amides is 1. The van der Waals surface area contributed by atoms with Crippen molar-refractivity contribution in [2.24, 2.45) is 0 Å². The second-order valence-corrected chi connectivity index (χ2v) is 9.16. The molecule has 6 nitrogen and oxygen atoms in total. The Morgan fingerprint density at radius 2 is 1.63 bits per heavy atom. The van der Waals surface area contributed by atoms with E-state index in [2.05, 4.69) is 0 Å². The molecule has 4 rings (SSSR count). The zero-order chi connectivity index (χ0) is 25.4. The zero-order valence-corrected chi connectivity index (χ0v) is 20.9. The summed E-state index contributed by atoms with van der Waals surface area (Å²) in [6.45, 7) is 5.72. The van der Waals surface area contributed by atoms with Gasteiger partial charge in [0.25, 0.3) is 11.7 Å². The van der Waals surface area contributed by atoms with E-state index in [-0.39, 0.29) is 11.3 Å². The lowest BCUT2D eigenvalue weighted by molar-refractivity contribution is -0.132. The third-order valence-corrected chi connectivity index (χ3v) is 6.33. The molecule has 0 aromatic heterocycles. The van der Waals surface area contributed by atoms with Crippen molar-refractivity contribution in [3.8, 4) is 5.75 Å². The first-order valence-electron chi connectivity index (χ1n) is 11.4. The lowest BCUT2D eigenvalue weighted by Crippen LogP contribution is -2.29. The molecule has 1 saturated heterocycles.